The molecule has 6 rings (SSSR count). The molecule has 9 nitrogen and oxygen atoms in total. The highest BCUT2D eigenvalue weighted by Gasteiger charge is 2.44. The monoisotopic (exact) mass is 640 g/mol. The predicted octanol–water partition coefficient (Wildman–Crippen LogP) is 6.31. The molecule has 1 aromatic heterocycles. The number of nitrogens with one attached hydrogen (secondary N) is 2. The summed E-state index contributed by atoms with van der Waals surface area (Å²) in [5, 5.41) is 15.9. The number of fused-ring (bicyclic) bond motifs is 1. The fourth-order valence-electron chi connectivity index (χ4n) is 7.46. The van der Waals surface area contributed by atoms with Gasteiger partial charge in [-0.2, -0.15) is 0 Å². The molecule has 2 aliphatic heterocycles. The second kappa shape index (κ2) is 14.6. The molecule has 2 saturated heterocycles. The van der Waals surface area contributed by atoms with E-state index in [0.29, 0.717) is 36.2 Å². The number of hydrogen-bond acceptors (Lipinski definition) is 7. The Hall–Kier alpha value is -3.63. The van der Waals surface area contributed by atoms with Gasteiger partial charge < -0.3 is 25.2 Å². The highest BCUT2D eigenvalue weighted by molar-refractivity contribution is 6.04. The van der Waals surface area contributed by atoms with Gasteiger partial charge in [0.15, 0.2) is 6.29 Å². The van der Waals surface area contributed by atoms with E-state index in [1.165, 1.54) is 25.5 Å². The summed E-state index contributed by atoms with van der Waals surface area (Å²) in [5.41, 5.74) is 3.45. The second-order valence-corrected chi connectivity index (χ2v) is 14.3. The minimum atomic E-state index is -0.680. The molecule has 3 aliphatic rings. The number of nitrogens with zero attached hydrogens (tertiary/aromatic N) is 2. The van der Waals surface area contributed by atoms with Gasteiger partial charge in [-0.15, -0.1) is 0 Å². The number of ether oxygens (including phenoxy) is 2. The summed E-state index contributed by atoms with van der Waals surface area (Å²) >= 11 is 0. The smallest absolute Gasteiger partial charge is 0.257 e. The molecule has 3 N–H and O–H groups in total. The Balaban J connectivity index is 1.27. The first-order valence-corrected chi connectivity index (χ1v) is 17.1. The minimum Gasteiger partial charge on any atom is -0.392 e. The van der Waals surface area contributed by atoms with Crippen LogP contribution in [-0.4, -0.2) is 57.1 Å². The predicted molar refractivity (Wildman–Crippen MR) is 180 cm³/mol. The fraction of sp³-hybridized carbons (Fsp3) is 0.500. The summed E-state index contributed by atoms with van der Waals surface area (Å²) in [6.45, 7) is 6.72. The minimum absolute atomic E-state index is 0.0206. The average molecular weight is 641 g/mol. The molecule has 2 aromatic carbocycles. The summed E-state index contributed by atoms with van der Waals surface area (Å²) in [4.78, 5) is 33.1. The quantitative estimate of drug-likeness (QED) is 0.265. The van der Waals surface area contributed by atoms with E-state index in [-0.39, 0.29) is 42.2 Å². The summed E-state index contributed by atoms with van der Waals surface area (Å²) in [5.74, 6) is 0.450. The zero-order chi connectivity index (χ0) is 33.0. The van der Waals surface area contributed by atoms with Crippen molar-refractivity contribution < 1.29 is 24.2 Å². The molecule has 250 valence electrons. The summed E-state index contributed by atoms with van der Waals surface area (Å²) in [6, 6.07) is 19.1. The number of benzene rings is 2. The van der Waals surface area contributed by atoms with Crippen LogP contribution in [-0.2, 0) is 20.9 Å². The van der Waals surface area contributed by atoms with Crippen LogP contribution >= 0.6 is 0 Å². The van der Waals surface area contributed by atoms with Gasteiger partial charge >= 0.3 is 0 Å². The average Bonchev–Trinajstić information content (AvgIpc) is 3.08. The number of aliphatic hydroxyl groups is 1. The molecule has 1 saturated carbocycles. The molecular formula is C38H48N4O5. The first-order chi connectivity index (χ1) is 22.7. The third-order valence-electron chi connectivity index (χ3n) is 9.68. The van der Waals surface area contributed by atoms with E-state index < -0.39 is 6.29 Å². The van der Waals surface area contributed by atoms with E-state index in [0.717, 1.165) is 36.0 Å². The molecule has 0 spiro atoms. The van der Waals surface area contributed by atoms with Crippen molar-refractivity contribution in [3.63, 3.8) is 0 Å². The molecule has 1 aliphatic carbocycles. The summed E-state index contributed by atoms with van der Waals surface area (Å²) in [6.07, 6.45) is 9.35. The lowest BCUT2D eigenvalue weighted by Gasteiger charge is -2.50. The Bertz CT molecular complexity index is 1510. The van der Waals surface area contributed by atoms with Crippen LogP contribution in [0.15, 0.2) is 73.1 Å². The maximum Gasteiger partial charge on any atom is 0.257 e. The molecule has 6 atom stereocenters. The topological polar surface area (TPSA) is 113 Å². The van der Waals surface area contributed by atoms with Crippen LogP contribution in [0.2, 0.25) is 0 Å². The first kappa shape index (κ1) is 33.3. The van der Waals surface area contributed by atoms with Crippen molar-refractivity contribution in [2.75, 3.05) is 11.9 Å². The van der Waals surface area contributed by atoms with Crippen LogP contribution in [0.5, 0.6) is 0 Å². The van der Waals surface area contributed by atoms with Crippen molar-refractivity contribution in [3.05, 3.63) is 95.3 Å². The number of carbonyl (C=O) groups is 2. The normalized spacial score (nSPS) is 26.6. The zero-order valence-electron chi connectivity index (χ0n) is 27.7. The SMILES string of the molecule is CC(C)(C)NC(=O)[C@H]1CC[C@H]2CCCC[C@H]2N1C[C@H]1C[C@@H](c2ccc(CO)cc2)O[C@@H](c2cccc(NC(=O)c3cccnc3)c2)O1. The lowest BCUT2D eigenvalue weighted by atomic mass is 9.75. The molecule has 9 heteroatoms. The molecule has 2 amide bonds. The Kier molecular flexibility index (Phi) is 10.4. The number of aliphatic hydroxyl groups excluding tert-OH is 1. The molecule has 0 unspecified atom stereocenters. The van der Waals surface area contributed by atoms with E-state index in [1.807, 2.05) is 69.3 Å². The number of aromatic nitrogens is 1. The van der Waals surface area contributed by atoms with E-state index in [9.17, 15) is 14.7 Å². The second-order valence-electron chi connectivity index (χ2n) is 14.3. The van der Waals surface area contributed by atoms with Gasteiger partial charge in [0.05, 0.1) is 30.4 Å². The van der Waals surface area contributed by atoms with Crippen LogP contribution in [0.25, 0.3) is 0 Å². The van der Waals surface area contributed by atoms with E-state index in [2.05, 4.69) is 20.5 Å². The number of anilines is 1. The van der Waals surface area contributed by atoms with Gasteiger partial charge in [-0.05, 0) is 87.8 Å². The van der Waals surface area contributed by atoms with Crippen LogP contribution in [0.3, 0.4) is 0 Å². The summed E-state index contributed by atoms with van der Waals surface area (Å²) in [7, 11) is 0. The molecule has 3 fully saturated rings. The van der Waals surface area contributed by atoms with Gasteiger partial charge in [0.1, 0.15) is 0 Å². The van der Waals surface area contributed by atoms with Gasteiger partial charge in [0.2, 0.25) is 5.91 Å². The van der Waals surface area contributed by atoms with Gasteiger partial charge in [0, 0.05) is 48.2 Å². The van der Waals surface area contributed by atoms with E-state index in [4.69, 9.17) is 9.47 Å². The fourth-order valence-corrected chi connectivity index (χ4v) is 7.46. The van der Waals surface area contributed by atoms with Crippen molar-refractivity contribution in [1.29, 1.82) is 0 Å². The molecule has 0 radical (unpaired) electrons. The van der Waals surface area contributed by atoms with Gasteiger partial charge in [-0.3, -0.25) is 19.5 Å². The van der Waals surface area contributed by atoms with E-state index >= 15 is 0 Å². The summed E-state index contributed by atoms with van der Waals surface area (Å²) < 4.78 is 13.4. The number of hydrogen-bond donors (Lipinski definition) is 3. The van der Waals surface area contributed by atoms with Gasteiger partial charge in [-0.25, -0.2) is 0 Å². The molecule has 3 aromatic rings. The van der Waals surface area contributed by atoms with Gasteiger partial charge in [-0.1, -0.05) is 49.2 Å². The molecule has 0 bridgehead atoms. The van der Waals surface area contributed by atoms with Crippen LogP contribution in [0.4, 0.5) is 5.69 Å². The van der Waals surface area contributed by atoms with Crippen molar-refractivity contribution >= 4 is 17.5 Å². The molecule has 47 heavy (non-hydrogen) atoms. The molecule has 3 heterocycles. The molecular weight excluding hydrogens is 592 g/mol. The standard InChI is InChI=1S/C38H48N4O5/c1-38(2,3)41-36(45)33-18-17-26-8-4-5-12-32(26)42(33)23-31-21-34(27-15-13-25(24-43)14-16-27)47-37(46-31)28-9-6-11-30(20-28)40-35(44)29-10-7-19-39-22-29/h6-7,9-11,13-16,19-20,22,26,31-34,37,43H,4-5,8,12,17-18,21,23-24H2,1-3H3,(H,40,44)(H,41,45)/t26-,31-,32-,33-,34+,37+/m1/s1. The van der Waals surface area contributed by atoms with Crippen LogP contribution < -0.4 is 10.6 Å². The van der Waals surface area contributed by atoms with Crippen molar-refractivity contribution in [2.24, 2.45) is 5.92 Å². The highest BCUT2D eigenvalue weighted by Crippen LogP contribution is 2.42. The Labute approximate surface area is 278 Å². The zero-order valence-corrected chi connectivity index (χ0v) is 27.7. The number of amides is 2. The number of piperidine rings is 1. The Morgan fingerprint density at radius 3 is 2.51 bits per heavy atom. The largest absolute Gasteiger partial charge is 0.392 e. The van der Waals surface area contributed by atoms with Crippen LogP contribution in [0.1, 0.15) is 105 Å². The first-order valence-electron chi connectivity index (χ1n) is 17.1. The lowest BCUT2D eigenvalue weighted by Crippen LogP contribution is -2.61. The van der Waals surface area contributed by atoms with Crippen molar-refractivity contribution in [1.82, 2.24) is 15.2 Å². The third kappa shape index (κ3) is 8.27. The number of pyridine rings is 1. The van der Waals surface area contributed by atoms with Crippen molar-refractivity contribution in [3.8, 4) is 0 Å². The van der Waals surface area contributed by atoms with E-state index in [1.54, 1.807) is 18.3 Å². The number of rotatable bonds is 8. The van der Waals surface area contributed by atoms with Gasteiger partial charge in [0.25, 0.3) is 5.91 Å². The Morgan fingerprint density at radius 1 is 0.957 bits per heavy atom. The maximum atomic E-state index is 13.7. The lowest BCUT2D eigenvalue weighted by molar-refractivity contribution is -0.255. The Morgan fingerprint density at radius 2 is 1.77 bits per heavy atom. The van der Waals surface area contributed by atoms with Crippen molar-refractivity contribution in [2.45, 2.75) is 108 Å². The number of carbonyl (C=O) groups excluding carboxylic acids is 2. The third-order valence-corrected chi connectivity index (χ3v) is 9.68. The maximum absolute atomic E-state index is 13.7. The highest BCUT2D eigenvalue weighted by atomic mass is 16.7. The van der Waals surface area contributed by atoms with Crippen LogP contribution in [0, 0.1) is 5.92 Å². The number of likely N-dealkylation sites (tertiary alicyclic amines) is 1.